The van der Waals surface area contributed by atoms with Gasteiger partial charge in [0.1, 0.15) is 0 Å². The Morgan fingerprint density at radius 3 is 2.32 bits per heavy atom. The molecular formula is C26H32N2O3. The molecule has 5 heteroatoms. The molecule has 2 aromatic rings. The van der Waals surface area contributed by atoms with E-state index >= 15 is 0 Å². The van der Waals surface area contributed by atoms with Gasteiger partial charge in [0.2, 0.25) is 0 Å². The van der Waals surface area contributed by atoms with Gasteiger partial charge in [0.25, 0.3) is 5.69 Å². The Labute approximate surface area is 184 Å². The summed E-state index contributed by atoms with van der Waals surface area (Å²) in [5.74, 6) is 0.991. The molecule has 1 saturated carbocycles. The van der Waals surface area contributed by atoms with Gasteiger partial charge in [-0.15, -0.1) is 0 Å². The van der Waals surface area contributed by atoms with Crippen LogP contribution < -0.4 is 0 Å². The highest BCUT2D eigenvalue weighted by molar-refractivity contribution is 5.83. The monoisotopic (exact) mass is 420 g/mol. The van der Waals surface area contributed by atoms with Gasteiger partial charge in [-0.3, -0.25) is 19.8 Å². The second-order valence-corrected chi connectivity index (χ2v) is 9.16. The number of nitro groups is 1. The first-order valence-corrected chi connectivity index (χ1v) is 11.7. The van der Waals surface area contributed by atoms with E-state index in [1.807, 2.05) is 18.2 Å². The minimum Gasteiger partial charge on any atom is -0.298 e. The summed E-state index contributed by atoms with van der Waals surface area (Å²) in [4.78, 5) is 26.3. The highest BCUT2D eigenvalue weighted by Crippen LogP contribution is 2.37. The Morgan fingerprint density at radius 2 is 1.65 bits per heavy atom. The molecule has 2 fully saturated rings. The zero-order valence-corrected chi connectivity index (χ0v) is 18.2. The minimum atomic E-state index is -0.272. The lowest BCUT2D eigenvalue weighted by molar-refractivity contribution is -0.385. The molecule has 0 unspecified atom stereocenters. The lowest BCUT2D eigenvalue weighted by atomic mass is 9.83. The molecule has 1 heterocycles. The van der Waals surface area contributed by atoms with Gasteiger partial charge in [-0.2, -0.15) is 0 Å². The third kappa shape index (κ3) is 5.59. The first kappa shape index (κ1) is 21.7. The summed E-state index contributed by atoms with van der Waals surface area (Å²) < 4.78 is 0. The van der Waals surface area contributed by atoms with Crippen molar-refractivity contribution in [2.75, 3.05) is 19.6 Å². The lowest BCUT2D eigenvalue weighted by Gasteiger charge is -2.31. The van der Waals surface area contributed by atoms with Crippen molar-refractivity contribution in [2.45, 2.75) is 63.2 Å². The molecular weight excluding hydrogens is 388 g/mol. The number of ketones is 1. The summed E-state index contributed by atoms with van der Waals surface area (Å²) in [6, 6.07) is 16.1. The molecule has 0 aromatic heterocycles. The Balaban J connectivity index is 1.33. The van der Waals surface area contributed by atoms with Gasteiger partial charge in [-0.05, 0) is 61.7 Å². The Hall–Kier alpha value is -2.53. The van der Waals surface area contributed by atoms with E-state index in [-0.39, 0.29) is 28.7 Å². The number of hydrogen-bond acceptors (Lipinski definition) is 4. The minimum absolute atomic E-state index is 0.137. The van der Waals surface area contributed by atoms with Gasteiger partial charge in [-0.1, -0.05) is 61.7 Å². The van der Waals surface area contributed by atoms with Crippen molar-refractivity contribution in [3.8, 4) is 0 Å². The molecule has 1 aliphatic heterocycles. The number of nitrogens with zero attached hydrogens (tertiary/aromatic N) is 2. The SMILES string of the molecule is O=C(Cc1ccc(C2CCCCC2)c([N+](=O)[O-])c1)CN1CCC(c2ccccc2)CC1. The predicted molar refractivity (Wildman–Crippen MR) is 122 cm³/mol. The highest BCUT2D eigenvalue weighted by atomic mass is 16.6. The van der Waals surface area contributed by atoms with Crippen LogP contribution in [0.5, 0.6) is 0 Å². The number of carbonyl (C=O) groups is 1. The van der Waals surface area contributed by atoms with Crippen LogP contribution in [0.1, 0.15) is 73.5 Å². The van der Waals surface area contributed by atoms with Gasteiger partial charge in [-0.25, -0.2) is 0 Å². The van der Waals surface area contributed by atoms with Crippen molar-refractivity contribution < 1.29 is 9.72 Å². The van der Waals surface area contributed by atoms with Crippen molar-refractivity contribution in [3.05, 3.63) is 75.3 Å². The molecule has 1 saturated heterocycles. The standard InChI is InChI=1S/C26H32N2O3/c29-24(19-27-15-13-22(14-16-27)21-7-3-1-4-8-21)17-20-11-12-25(26(18-20)28(30)31)23-9-5-2-6-10-23/h1,3-4,7-8,11-12,18,22-23H,2,5-6,9-10,13-17,19H2. The Kier molecular flexibility index (Phi) is 7.13. The maximum Gasteiger partial charge on any atom is 0.273 e. The van der Waals surface area contributed by atoms with Gasteiger partial charge in [0.15, 0.2) is 5.78 Å². The van der Waals surface area contributed by atoms with E-state index < -0.39 is 0 Å². The van der Waals surface area contributed by atoms with E-state index in [9.17, 15) is 14.9 Å². The van der Waals surface area contributed by atoms with Gasteiger partial charge in [0, 0.05) is 18.1 Å². The molecule has 1 aliphatic carbocycles. The fraction of sp³-hybridized carbons (Fsp3) is 0.500. The second-order valence-electron chi connectivity index (χ2n) is 9.16. The fourth-order valence-electron chi connectivity index (χ4n) is 5.30. The van der Waals surface area contributed by atoms with Crippen LogP contribution in [0.3, 0.4) is 0 Å². The summed E-state index contributed by atoms with van der Waals surface area (Å²) in [7, 11) is 0. The van der Waals surface area contributed by atoms with E-state index in [1.54, 1.807) is 6.07 Å². The number of Topliss-reactive ketones (excluding diaryl/α,β-unsaturated/α-hetero) is 1. The molecule has 31 heavy (non-hydrogen) atoms. The largest absolute Gasteiger partial charge is 0.298 e. The van der Waals surface area contributed by atoms with E-state index in [0.717, 1.165) is 62.7 Å². The topological polar surface area (TPSA) is 63.4 Å². The van der Waals surface area contributed by atoms with E-state index in [2.05, 4.69) is 29.2 Å². The molecule has 5 nitrogen and oxygen atoms in total. The smallest absolute Gasteiger partial charge is 0.273 e. The molecule has 0 spiro atoms. The maximum absolute atomic E-state index is 12.7. The van der Waals surface area contributed by atoms with Gasteiger partial charge in [0.05, 0.1) is 11.5 Å². The predicted octanol–water partition coefficient (Wildman–Crippen LogP) is 5.63. The molecule has 0 bridgehead atoms. The van der Waals surface area contributed by atoms with Crippen molar-refractivity contribution in [1.29, 1.82) is 0 Å². The summed E-state index contributed by atoms with van der Waals surface area (Å²) >= 11 is 0. The molecule has 2 aliphatic rings. The molecule has 0 atom stereocenters. The van der Waals surface area contributed by atoms with Gasteiger partial charge >= 0.3 is 0 Å². The zero-order valence-electron chi connectivity index (χ0n) is 18.2. The molecule has 0 N–H and O–H groups in total. The van der Waals surface area contributed by atoms with Crippen LogP contribution in [0, 0.1) is 10.1 Å². The first-order valence-electron chi connectivity index (χ1n) is 11.7. The number of piperidine rings is 1. The van der Waals surface area contributed by atoms with Crippen LogP contribution in [-0.2, 0) is 11.2 Å². The lowest BCUT2D eigenvalue weighted by Crippen LogP contribution is -2.37. The van der Waals surface area contributed by atoms with Crippen LogP contribution in [0.2, 0.25) is 0 Å². The van der Waals surface area contributed by atoms with Crippen molar-refractivity contribution in [3.63, 3.8) is 0 Å². The second kappa shape index (κ2) is 10.2. The normalized spacial score (nSPS) is 18.7. The quantitative estimate of drug-likeness (QED) is 0.430. The summed E-state index contributed by atoms with van der Waals surface area (Å²) in [5, 5.41) is 11.7. The number of nitro benzene ring substituents is 1. The van der Waals surface area contributed by atoms with Crippen LogP contribution in [0.15, 0.2) is 48.5 Å². The van der Waals surface area contributed by atoms with Crippen LogP contribution >= 0.6 is 0 Å². The molecule has 0 radical (unpaired) electrons. The van der Waals surface area contributed by atoms with Crippen LogP contribution in [0.25, 0.3) is 0 Å². The number of hydrogen-bond donors (Lipinski definition) is 0. The first-order chi connectivity index (χ1) is 15.1. The molecule has 4 rings (SSSR count). The number of benzene rings is 2. The van der Waals surface area contributed by atoms with Gasteiger partial charge < -0.3 is 0 Å². The van der Waals surface area contributed by atoms with E-state index in [0.29, 0.717) is 12.5 Å². The van der Waals surface area contributed by atoms with Crippen molar-refractivity contribution in [2.24, 2.45) is 0 Å². The zero-order chi connectivity index (χ0) is 21.6. The highest BCUT2D eigenvalue weighted by Gasteiger charge is 2.25. The average Bonchev–Trinajstić information content (AvgIpc) is 2.80. The number of rotatable bonds is 7. The Bertz CT molecular complexity index is 898. The summed E-state index contributed by atoms with van der Waals surface area (Å²) in [5.41, 5.74) is 3.19. The third-order valence-corrected chi connectivity index (χ3v) is 7.00. The van der Waals surface area contributed by atoms with E-state index in [4.69, 9.17) is 0 Å². The van der Waals surface area contributed by atoms with Crippen molar-refractivity contribution >= 4 is 11.5 Å². The van der Waals surface area contributed by atoms with Crippen molar-refractivity contribution in [1.82, 2.24) is 4.90 Å². The van der Waals surface area contributed by atoms with E-state index in [1.165, 1.54) is 12.0 Å². The third-order valence-electron chi connectivity index (χ3n) is 7.00. The Morgan fingerprint density at radius 1 is 0.935 bits per heavy atom. The number of carbonyl (C=O) groups excluding carboxylic acids is 1. The molecule has 0 amide bonds. The summed E-state index contributed by atoms with van der Waals surface area (Å²) in [6.45, 7) is 2.28. The van der Waals surface area contributed by atoms with Crippen LogP contribution in [-0.4, -0.2) is 35.2 Å². The number of likely N-dealkylation sites (tertiary alicyclic amines) is 1. The van der Waals surface area contributed by atoms with Crippen LogP contribution in [0.4, 0.5) is 5.69 Å². The summed E-state index contributed by atoms with van der Waals surface area (Å²) in [6.07, 6.45) is 7.96. The fourth-order valence-corrected chi connectivity index (χ4v) is 5.30. The average molecular weight is 421 g/mol. The maximum atomic E-state index is 12.7. The molecule has 164 valence electrons. The molecule has 2 aromatic carbocycles.